The number of hydrogen-bond acceptors (Lipinski definition) is 2. The predicted molar refractivity (Wildman–Crippen MR) is 56.2 cm³/mol. The number of rotatable bonds is 2. The second kappa shape index (κ2) is 3.84. The lowest BCUT2D eigenvalue weighted by Crippen LogP contribution is -1.86. The normalized spacial score (nSPS) is 10.4. The zero-order chi connectivity index (χ0) is 9.97. The second-order valence-electron chi connectivity index (χ2n) is 3.11. The van der Waals surface area contributed by atoms with Gasteiger partial charge in [0, 0.05) is 11.4 Å². The molecule has 72 valence electrons. The molecule has 3 heteroatoms. The molecule has 0 aliphatic carbocycles. The van der Waals surface area contributed by atoms with Gasteiger partial charge in [0.05, 0.1) is 6.20 Å². The van der Waals surface area contributed by atoms with E-state index in [1.165, 1.54) is 5.56 Å². The van der Waals surface area contributed by atoms with Crippen molar-refractivity contribution in [1.82, 2.24) is 4.98 Å². The van der Waals surface area contributed by atoms with Gasteiger partial charge in [-0.1, -0.05) is 6.07 Å². The van der Waals surface area contributed by atoms with Crippen molar-refractivity contribution >= 4 is 11.6 Å². The monoisotopic (exact) mass is 207 g/mol. The van der Waals surface area contributed by atoms with E-state index >= 15 is 0 Å². The third-order valence-corrected chi connectivity index (χ3v) is 2.46. The molecule has 1 heterocycles. The van der Waals surface area contributed by atoms with Crippen LogP contribution in [0.2, 0.25) is 0 Å². The number of halogens is 1. The Kier molecular flexibility index (Phi) is 2.55. The number of hydrogen-bond donors (Lipinski definition) is 0. The molecule has 0 bridgehead atoms. The maximum atomic E-state index is 5.81. The average Bonchev–Trinajstić information content (AvgIpc) is 2.71. The first-order valence-electron chi connectivity index (χ1n) is 4.36. The fourth-order valence-corrected chi connectivity index (χ4v) is 1.60. The molecule has 0 fully saturated rings. The van der Waals surface area contributed by atoms with Crippen molar-refractivity contribution in [2.75, 3.05) is 0 Å². The quantitative estimate of drug-likeness (QED) is 0.706. The number of oxazole rings is 1. The average molecular weight is 208 g/mol. The molecule has 0 saturated heterocycles. The summed E-state index contributed by atoms with van der Waals surface area (Å²) >= 11 is 5.81. The highest BCUT2D eigenvalue weighted by Gasteiger charge is 2.04. The smallest absolute Gasteiger partial charge is 0.225 e. The van der Waals surface area contributed by atoms with E-state index in [2.05, 4.69) is 4.98 Å². The van der Waals surface area contributed by atoms with E-state index in [0.717, 1.165) is 11.1 Å². The summed E-state index contributed by atoms with van der Waals surface area (Å²) in [5.74, 6) is 1.15. The van der Waals surface area contributed by atoms with Crippen LogP contribution in [-0.2, 0) is 5.88 Å². The van der Waals surface area contributed by atoms with E-state index in [9.17, 15) is 0 Å². The number of aromatic nitrogens is 1. The minimum absolute atomic E-state index is 0.514. The zero-order valence-corrected chi connectivity index (χ0v) is 8.58. The number of aryl methyl sites for hydroxylation is 1. The molecule has 0 N–H and O–H groups in total. The Bertz CT molecular complexity index is 423. The molecule has 0 spiro atoms. The Balaban J connectivity index is 2.46. The fraction of sp³-hybridized carbons (Fsp3) is 0.182. The summed E-state index contributed by atoms with van der Waals surface area (Å²) in [5, 5.41) is 0. The van der Waals surface area contributed by atoms with Gasteiger partial charge in [-0.3, -0.25) is 0 Å². The van der Waals surface area contributed by atoms with Crippen molar-refractivity contribution in [3.05, 3.63) is 41.8 Å². The topological polar surface area (TPSA) is 26.0 Å². The standard InChI is InChI=1S/C11H10ClNO/c1-8-2-3-9(6-10(8)7-12)11-13-4-5-14-11/h2-6H,7H2,1H3. The minimum Gasteiger partial charge on any atom is -0.445 e. The van der Waals surface area contributed by atoms with Crippen LogP contribution in [0.15, 0.2) is 35.1 Å². The molecule has 2 aromatic rings. The maximum absolute atomic E-state index is 5.81. The van der Waals surface area contributed by atoms with Crippen LogP contribution in [0.1, 0.15) is 11.1 Å². The number of benzene rings is 1. The molecule has 2 rings (SSSR count). The third-order valence-electron chi connectivity index (χ3n) is 2.17. The predicted octanol–water partition coefficient (Wildman–Crippen LogP) is 3.39. The molecular formula is C11H10ClNO. The van der Waals surface area contributed by atoms with Gasteiger partial charge < -0.3 is 4.42 Å². The molecule has 0 aliphatic rings. The molecular weight excluding hydrogens is 198 g/mol. The molecule has 2 nitrogen and oxygen atoms in total. The zero-order valence-electron chi connectivity index (χ0n) is 7.83. The molecule has 0 unspecified atom stereocenters. The molecule has 0 saturated carbocycles. The molecule has 0 atom stereocenters. The Labute approximate surface area is 87.5 Å². The highest BCUT2D eigenvalue weighted by Crippen LogP contribution is 2.21. The summed E-state index contributed by atoms with van der Waals surface area (Å²) in [5.41, 5.74) is 3.27. The first-order chi connectivity index (χ1) is 6.81. The fourth-order valence-electron chi connectivity index (χ4n) is 1.31. The van der Waals surface area contributed by atoms with Gasteiger partial charge in [0.1, 0.15) is 6.26 Å². The highest BCUT2D eigenvalue weighted by atomic mass is 35.5. The molecule has 1 aromatic carbocycles. The molecule has 14 heavy (non-hydrogen) atoms. The van der Waals surface area contributed by atoms with Gasteiger partial charge in [-0.05, 0) is 30.2 Å². The second-order valence-corrected chi connectivity index (χ2v) is 3.38. The minimum atomic E-state index is 0.514. The van der Waals surface area contributed by atoms with Crippen LogP contribution in [0.3, 0.4) is 0 Å². The third kappa shape index (κ3) is 1.66. The van der Waals surface area contributed by atoms with Crippen molar-refractivity contribution in [2.45, 2.75) is 12.8 Å². The molecule has 0 amide bonds. The van der Waals surface area contributed by atoms with Gasteiger partial charge in [0.15, 0.2) is 0 Å². The van der Waals surface area contributed by atoms with Gasteiger partial charge in [-0.15, -0.1) is 11.6 Å². The Hall–Kier alpha value is -1.28. The van der Waals surface area contributed by atoms with Crippen molar-refractivity contribution < 1.29 is 4.42 Å². The number of nitrogens with zero attached hydrogens (tertiary/aromatic N) is 1. The van der Waals surface area contributed by atoms with Gasteiger partial charge in [0.2, 0.25) is 5.89 Å². The van der Waals surface area contributed by atoms with Crippen LogP contribution in [0.25, 0.3) is 11.5 Å². The van der Waals surface area contributed by atoms with Crippen molar-refractivity contribution in [3.8, 4) is 11.5 Å². The van der Waals surface area contributed by atoms with Gasteiger partial charge >= 0.3 is 0 Å². The van der Waals surface area contributed by atoms with E-state index in [-0.39, 0.29) is 0 Å². The molecule has 1 aromatic heterocycles. The van der Waals surface area contributed by atoms with E-state index in [4.69, 9.17) is 16.0 Å². The Morgan fingerprint density at radius 1 is 1.43 bits per heavy atom. The maximum Gasteiger partial charge on any atom is 0.225 e. The summed E-state index contributed by atoms with van der Waals surface area (Å²) in [6, 6.07) is 6.02. The first-order valence-corrected chi connectivity index (χ1v) is 4.90. The van der Waals surface area contributed by atoms with Crippen LogP contribution >= 0.6 is 11.6 Å². The van der Waals surface area contributed by atoms with E-state index in [1.54, 1.807) is 12.5 Å². The first kappa shape index (κ1) is 9.28. The largest absolute Gasteiger partial charge is 0.445 e. The van der Waals surface area contributed by atoms with E-state index in [0.29, 0.717) is 11.8 Å². The van der Waals surface area contributed by atoms with Crippen LogP contribution in [0, 0.1) is 6.92 Å². The summed E-state index contributed by atoms with van der Waals surface area (Å²) in [7, 11) is 0. The summed E-state index contributed by atoms with van der Waals surface area (Å²) in [6.45, 7) is 2.04. The van der Waals surface area contributed by atoms with Crippen molar-refractivity contribution in [2.24, 2.45) is 0 Å². The van der Waals surface area contributed by atoms with Crippen molar-refractivity contribution in [3.63, 3.8) is 0 Å². The van der Waals surface area contributed by atoms with Crippen LogP contribution in [0.4, 0.5) is 0 Å². The summed E-state index contributed by atoms with van der Waals surface area (Å²) in [6.07, 6.45) is 3.20. The lowest BCUT2D eigenvalue weighted by Gasteiger charge is -2.03. The molecule has 0 aliphatic heterocycles. The number of alkyl halides is 1. The Morgan fingerprint density at radius 3 is 2.93 bits per heavy atom. The van der Waals surface area contributed by atoms with Crippen molar-refractivity contribution in [1.29, 1.82) is 0 Å². The van der Waals surface area contributed by atoms with E-state index in [1.807, 2.05) is 25.1 Å². The Morgan fingerprint density at radius 2 is 2.29 bits per heavy atom. The lowest BCUT2D eigenvalue weighted by molar-refractivity contribution is 0.574. The van der Waals surface area contributed by atoms with Gasteiger partial charge in [-0.25, -0.2) is 4.98 Å². The SMILES string of the molecule is Cc1ccc(-c2ncco2)cc1CCl. The van der Waals surface area contributed by atoms with Crippen LogP contribution in [0.5, 0.6) is 0 Å². The molecule has 0 radical (unpaired) electrons. The lowest BCUT2D eigenvalue weighted by atomic mass is 10.1. The van der Waals surface area contributed by atoms with Gasteiger partial charge in [0.25, 0.3) is 0 Å². The highest BCUT2D eigenvalue weighted by molar-refractivity contribution is 6.17. The summed E-state index contributed by atoms with van der Waals surface area (Å²) < 4.78 is 5.20. The van der Waals surface area contributed by atoms with Gasteiger partial charge in [-0.2, -0.15) is 0 Å². The van der Waals surface area contributed by atoms with E-state index < -0.39 is 0 Å². The summed E-state index contributed by atoms with van der Waals surface area (Å²) in [4.78, 5) is 4.08. The van der Waals surface area contributed by atoms with Crippen LogP contribution < -0.4 is 0 Å². The van der Waals surface area contributed by atoms with Crippen LogP contribution in [-0.4, -0.2) is 4.98 Å².